The second-order valence-corrected chi connectivity index (χ2v) is 3.88. The minimum Gasteiger partial charge on any atom is -0.333 e. The molecule has 66 valence electrons. The Balaban J connectivity index is 2.08. The summed E-state index contributed by atoms with van der Waals surface area (Å²) in [6, 6.07) is 0. The maximum atomic E-state index is 6.11. The van der Waals surface area contributed by atoms with Crippen molar-refractivity contribution >= 4 is 0 Å². The molecule has 3 nitrogen and oxygen atoms in total. The van der Waals surface area contributed by atoms with Crippen LogP contribution in [0.1, 0.15) is 25.0 Å². The number of aryl methyl sites for hydroxylation is 1. The summed E-state index contributed by atoms with van der Waals surface area (Å²) in [5.41, 5.74) is 7.38. The smallest absolute Gasteiger partial charge is 0.0948 e. The van der Waals surface area contributed by atoms with Crippen LogP contribution in [0.5, 0.6) is 0 Å². The van der Waals surface area contributed by atoms with Crippen molar-refractivity contribution in [3.05, 3.63) is 18.2 Å². The van der Waals surface area contributed by atoms with Crippen LogP contribution < -0.4 is 5.73 Å². The lowest BCUT2D eigenvalue weighted by Gasteiger charge is -2.38. The zero-order valence-corrected chi connectivity index (χ0v) is 7.45. The number of imidazole rings is 1. The first-order valence-corrected chi connectivity index (χ1v) is 4.45. The van der Waals surface area contributed by atoms with Gasteiger partial charge in [0.1, 0.15) is 0 Å². The van der Waals surface area contributed by atoms with Gasteiger partial charge in [0.05, 0.1) is 6.33 Å². The topological polar surface area (TPSA) is 43.8 Å². The van der Waals surface area contributed by atoms with Crippen LogP contribution in [-0.2, 0) is 6.54 Å². The molecule has 2 N–H and O–H groups in total. The Morgan fingerprint density at radius 3 is 2.83 bits per heavy atom. The van der Waals surface area contributed by atoms with E-state index in [4.69, 9.17) is 5.73 Å². The van der Waals surface area contributed by atoms with Gasteiger partial charge in [-0.2, -0.15) is 0 Å². The summed E-state index contributed by atoms with van der Waals surface area (Å²) < 4.78 is 2.14. The molecule has 0 aliphatic heterocycles. The molecule has 1 heterocycles. The predicted octanol–water partition coefficient (Wildman–Crippen LogP) is 1.07. The fourth-order valence-corrected chi connectivity index (χ4v) is 1.68. The molecule has 2 rings (SSSR count). The average molecular weight is 165 g/mol. The van der Waals surface area contributed by atoms with Crippen molar-refractivity contribution in [2.45, 2.75) is 38.3 Å². The summed E-state index contributed by atoms with van der Waals surface area (Å²) in [5.74, 6) is 0. The maximum Gasteiger partial charge on any atom is 0.0948 e. The van der Waals surface area contributed by atoms with Crippen LogP contribution in [0.3, 0.4) is 0 Å². The molecule has 0 bridgehead atoms. The van der Waals surface area contributed by atoms with Crippen molar-refractivity contribution < 1.29 is 0 Å². The molecule has 0 saturated heterocycles. The fourth-order valence-electron chi connectivity index (χ4n) is 1.68. The van der Waals surface area contributed by atoms with E-state index in [1.165, 1.54) is 12.1 Å². The van der Waals surface area contributed by atoms with Crippen LogP contribution in [-0.4, -0.2) is 15.1 Å². The number of hydrogen-bond donors (Lipinski definition) is 1. The number of rotatable bonds is 2. The van der Waals surface area contributed by atoms with E-state index in [-0.39, 0.29) is 5.54 Å². The minimum absolute atomic E-state index is 0.0610. The molecule has 0 unspecified atom stereocenters. The first-order chi connectivity index (χ1) is 5.70. The van der Waals surface area contributed by atoms with Gasteiger partial charge >= 0.3 is 0 Å². The standard InChI is InChI=1S/C9H15N3/c1-8-5-11-7-12(8)6-9(10)3-2-4-9/h5,7H,2-4,6,10H2,1H3. The second kappa shape index (κ2) is 2.59. The van der Waals surface area contributed by atoms with Gasteiger partial charge < -0.3 is 10.3 Å². The number of nitrogens with two attached hydrogens (primary N) is 1. The summed E-state index contributed by atoms with van der Waals surface area (Å²) in [7, 11) is 0. The predicted molar refractivity (Wildman–Crippen MR) is 47.7 cm³/mol. The van der Waals surface area contributed by atoms with Gasteiger partial charge in [-0.05, 0) is 26.2 Å². The van der Waals surface area contributed by atoms with Crippen molar-refractivity contribution in [2.24, 2.45) is 5.73 Å². The van der Waals surface area contributed by atoms with Crippen LogP contribution >= 0.6 is 0 Å². The summed E-state index contributed by atoms with van der Waals surface area (Å²) in [6.45, 7) is 2.99. The Morgan fingerprint density at radius 2 is 2.42 bits per heavy atom. The van der Waals surface area contributed by atoms with Crippen LogP contribution in [0.25, 0.3) is 0 Å². The van der Waals surface area contributed by atoms with E-state index in [1.807, 2.05) is 12.5 Å². The zero-order valence-electron chi connectivity index (χ0n) is 7.45. The third-order valence-corrected chi connectivity index (χ3v) is 2.76. The van der Waals surface area contributed by atoms with Crippen LogP contribution in [0.4, 0.5) is 0 Å². The van der Waals surface area contributed by atoms with E-state index in [0.29, 0.717) is 0 Å². The number of aromatic nitrogens is 2. The van der Waals surface area contributed by atoms with Crippen LogP contribution in [0, 0.1) is 6.92 Å². The Morgan fingerprint density at radius 1 is 1.67 bits per heavy atom. The molecule has 0 atom stereocenters. The molecule has 1 aliphatic rings. The van der Waals surface area contributed by atoms with Crippen molar-refractivity contribution in [2.75, 3.05) is 0 Å². The molecule has 0 radical (unpaired) electrons. The summed E-state index contributed by atoms with van der Waals surface area (Å²) in [6.07, 6.45) is 7.34. The van der Waals surface area contributed by atoms with E-state index in [2.05, 4.69) is 16.5 Å². The minimum atomic E-state index is 0.0610. The molecule has 0 spiro atoms. The van der Waals surface area contributed by atoms with E-state index in [1.54, 1.807) is 0 Å². The van der Waals surface area contributed by atoms with Crippen molar-refractivity contribution in [1.82, 2.24) is 9.55 Å². The largest absolute Gasteiger partial charge is 0.333 e. The van der Waals surface area contributed by atoms with E-state index in [9.17, 15) is 0 Å². The molecule has 1 aliphatic carbocycles. The van der Waals surface area contributed by atoms with E-state index in [0.717, 1.165) is 19.4 Å². The molecule has 0 amide bonds. The summed E-state index contributed by atoms with van der Waals surface area (Å²) >= 11 is 0. The van der Waals surface area contributed by atoms with E-state index < -0.39 is 0 Å². The van der Waals surface area contributed by atoms with Gasteiger partial charge in [0, 0.05) is 24.0 Å². The molecule has 1 aromatic rings. The average Bonchev–Trinajstić information content (AvgIpc) is 2.34. The molecule has 3 heteroatoms. The molecular formula is C9H15N3. The third-order valence-electron chi connectivity index (χ3n) is 2.76. The SMILES string of the molecule is Cc1cncn1CC1(N)CCC1. The van der Waals surface area contributed by atoms with Gasteiger partial charge in [-0.15, -0.1) is 0 Å². The Labute approximate surface area is 72.6 Å². The quantitative estimate of drug-likeness (QED) is 0.712. The first-order valence-electron chi connectivity index (χ1n) is 4.45. The Bertz CT molecular complexity index is 273. The van der Waals surface area contributed by atoms with Gasteiger partial charge in [0.25, 0.3) is 0 Å². The zero-order chi connectivity index (χ0) is 8.60. The highest BCUT2D eigenvalue weighted by Crippen LogP contribution is 2.30. The van der Waals surface area contributed by atoms with Crippen molar-refractivity contribution in [3.8, 4) is 0 Å². The molecule has 1 aromatic heterocycles. The van der Waals surface area contributed by atoms with E-state index >= 15 is 0 Å². The van der Waals surface area contributed by atoms with Gasteiger partial charge in [-0.3, -0.25) is 0 Å². The lowest BCUT2D eigenvalue weighted by molar-refractivity contribution is 0.214. The molecule has 12 heavy (non-hydrogen) atoms. The summed E-state index contributed by atoms with van der Waals surface area (Å²) in [5, 5.41) is 0. The van der Waals surface area contributed by atoms with Crippen molar-refractivity contribution in [1.29, 1.82) is 0 Å². The highest BCUT2D eigenvalue weighted by Gasteiger charge is 2.32. The highest BCUT2D eigenvalue weighted by molar-refractivity contribution is 5.00. The normalized spacial score (nSPS) is 20.5. The summed E-state index contributed by atoms with van der Waals surface area (Å²) in [4.78, 5) is 4.07. The molecule has 1 fully saturated rings. The maximum absolute atomic E-state index is 6.11. The first kappa shape index (κ1) is 7.80. The van der Waals surface area contributed by atoms with Gasteiger partial charge in [0.15, 0.2) is 0 Å². The van der Waals surface area contributed by atoms with Crippen LogP contribution in [0.2, 0.25) is 0 Å². The number of nitrogens with zero attached hydrogens (tertiary/aromatic N) is 2. The lowest BCUT2D eigenvalue weighted by Crippen LogP contribution is -2.50. The molecular weight excluding hydrogens is 150 g/mol. The Kier molecular flexibility index (Phi) is 1.68. The number of hydrogen-bond acceptors (Lipinski definition) is 2. The lowest BCUT2D eigenvalue weighted by atomic mass is 9.77. The fraction of sp³-hybridized carbons (Fsp3) is 0.667. The van der Waals surface area contributed by atoms with Crippen molar-refractivity contribution in [3.63, 3.8) is 0 Å². The van der Waals surface area contributed by atoms with Gasteiger partial charge in [0.2, 0.25) is 0 Å². The Hall–Kier alpha value is -0.830. The van der Waals surface area contributed by atoms with Gasteiger partial charge in [-0.1, -0.05) is 0 Å². The van der Waals surface area contributed by atoms with Gasteiger partial charge in [-0.25, -0.2) is 4.98 Å². The highest BCUT2D eigenvalue weighted by atomic mass is 15.1. The molecule has 0 aromatic carbocycles. The van der Waals surface area contributed by atoms with Crippen LogP contribution in [0.15, 0.2) is 12.5 Å². The third kappa shape index (κ3) is 1.25. The monoisotopic (exact) mass is 165 g/mol. The molecule has 1 saturated carbocycles. The second-order valence-electron chi connectivity index (χ2n) is 3.88.